The van der Waals surface area contributed by atoms with Gasteiger partial charge in [-0.3, -0.25) is 0 Å². The van der Waals surface area contributed by atoms with Crippen LogP contribution in [0, 0.1) is 0 Å². The van der Waals surface area contributed by atoms with Crippen molar-refractivity contribution in [3.63, 3.8) is 0 Å². The van der Waals surface area contributed by atoms with E-state index in [0.29, 0.717) is 29.6 Å². The molecule has 0 aliphatic carbocycles. The lowest BCUT2D eigenvalue weighted by Crippen LogP contribution is -2.28. The second-order valence-corrected chi connectivity index (χ2v) is 6.33. The first-order chi connectivity index (χ1) is 12.5. The first-order valence-electron chi connectivity index (χ1n) is 8.23. The molecule has 0 bridgehead atoms. The van der Waals surface area contributed by atoms with Gasteiger partial charge >= 0.3 is 6.03 Å². The Labute approximate surface area is 159 Å². The number of hydrogen-bond acceptors (Lipinski definition) is 4. The second-order valence-electron chi connectivity index (χ2n) is 5.93. The highest BCUT2D eigenvalue weighted by Gasteiger charge is 2.10. The van der Waals surface area contributed by atoms with Gasteiger partial charge in [-0.2, -0.15) is 0 Å². The van der Waals surface area contributed by atoms with Crippen LogP contribution in [0.3, 0.4) is 0 Å². The van der Waals surface area contributed by atoms with E-state index in [4.69, 9.17) is 21.1 Å². The molecule has 6 nitrogen and oxygen atoms in total. The number of ether oxygens (including phenoxy) is 2. The molecular weight excluding hydrogens is 354 g/mol. The minimum absolute atomic E-state index is 0.343. The van der Waals surface area contributed by atoms with E-state index in [1.165, 1.54) is 7.11 Å². The third-order valence-electron chi connectivity index (χ3n) is 3.58. The molecule has 26 heavy (non-hydrogen) atoms. The van der Waals surface area contributed by atoms with E-state index in [1.807, 2.05) is 38.4 Å². The molecule has 0 aromatic heterocycles. The van der Waals surface area contributed by atoms with Gasteiger partial charge < -0.3 is 25.0 Å². The molecule has 0 spiro atoms. The average Bonchev–Trinajstić information content (AvgIpc) is 2.60. The van der Waals surface area contributed by atoms with Gasteiger partial charge in [-0.05, 0) is 43.9 Å². The highest BCUT2D eigenvalue weighted by molar-refractivity contribution is 6.32. The molecule has 0 atom stereocenters. The molecule has 2 aromatic rings. The zero-order valence-electron chi connectivity index (χ0n) is 15.2. The van der Waals surface area contributed by atoms with Crippen molar-refractivity contribution in [3.05, 3.63) is 53.1 Å². The zero-order valence-corrected chi connectivity index (χ0v) is 16.0. The number of nitrogens with zero attached hydrogens (tertiary/aromatic N) is 1. The van der Waals surface area contributed by atoms with Crippen molar-refractivity contribution in [3.8, 4) is 11.5 Å². The number of urea groups is 1. The SMILES string of the molecule is COc1c(Cl)cccc1NC(=O)NCc1cccc(OCCN(C)C)c1. The predicted molar refractivity (Wildman–Crippen MR) is 104 cm³/mol. The Morgan fingerprint density at radius 1 is 1.19 bits per heavy atom. The third kappa shape index (κ3) is 6.13. The summed E-state index contributed by atoms with van der Waals surface area (Å²) in [7, 11) is 5.50. The highest BCUT2D eigenvalue weighted by atomic mass is 35.5. The van der Waals surface area contributed by atoms with Gasteiger partial charge in [0, 0.05) is 13.1 Å². The number of amides is 2. The molecule has 0 radical (unpaired) electrons. The summed E-state index contributed by atoms with van der Waals surface area (Å²) < 4.78 is 10.9. The van der Waals surface area contributed by atoms with Crippen LogP contribution >= 0.6 is 11.6 Å². The van der Waals surface area contributed by atoms with Crippen LogP contribution in [0.25, 0.3) is 0 Å². The summed E-state index contributed by atoms with van der Waals surface area (Å²) in [5.41, 5.74) is 1.46. The molecule has 0 unspecified atom stereocenters. The number of hydrogen-bond donors (Lipinski definition) is 2. The topological polar surface area (TPSA) is 62.8 Å². The smallest absolute Gasteiger partial charge is 0.319 e. The number of likely N-dealkylation sites (N-methyl/N-ethyl adjacent to an activating group) is 1. The van der Waals surface area contributed by atoms with E-state index in [2.05, 4.69) is 15.5 Å². The van der Waals surface area contributed by atoms with Gasteiger partial charge in [0.2, 0.25) is 0 Å². The van der Waals surface area contributed by atoms with Crippen LogP contribution in [-0.2, 0) is 6.54 Å². The zero-order chi connectivity index (χ0) is 18.9. The molecule has 2 rings (SSSR count). The standard InChI is InChI=1S/C19H24ClN3O3/c1-23(2)10-11-26-15-7-4-6-14(12-15)13-21-19(24)22-17-9-5-8-16(20)18(17)25-3/h4-9,12H,10-11,13H2,1-3H3,(H2,21,22,24). The van der Waals surface area contributed by atoms with Crippen LogP contribution in [0.1, 0.15) is 5.56 Å². The highest BCUT2D eigenvalue weighted by Crippen LogP contribution is 2.32. The van der Waals surface area contributed by atoms with E-state index in [9.17, 15) is 4.79 Å². The van der Waals surface area contributed by atoms with Gasteiger partial charge in [-0.15, -0.1) is 0 Å². The van der Waals surface area contributed by atoms with E-state index in [0.717, 1.165) is 17.9 Å². The lowest BCUT2D eigenvalue weighted by Gasteiger charge is -2.13. The number of methoxy groups -OCH3 is 1. The number of halogens is 1. The number of carbonyl (C=O) groups excluding carboxylic acids is 1. The molecule has 0 aliphatic rings. The molecule has 0 fully saturated rings. The molecule has 0 heterocycles. The van der Waals surface area contributed by atoms with Gasteiger partial charge in [0.05, 0.1) is 17.8 Å². The van der Waals surface area contributed by atoms with Crippen LogP contribution in [0.4, 0.5) is 10.5 Å². The lowest BCUT2D eigenvalue weighted by atomic mass is 10.2. The molecule has 2 amide bonds. The lowest BCUT2D eigenvalue weighted by molar-refractivity contribution is 0.251. The fraction of sp³-hybridized carbons (Fsp3) is 0.316. The fourth-order valence-corrected chi connectivity index (χ4v) is 2.51. The Balaban J connectivity index is 1.88. The molecule has 2 aromatic carbocycles. The van der Waals surface area contributed by atoms with Gasteiger partial charge in [-0.25, -0.2) is 4.79 Å². The molecule has 0 aliphatic heterocycles. The van der Waals surface area contributed by atoms with Crippen molar-refractivity contribution >= 4 is 23.3 Å². The molecular formula is C19H24ClN3O3. The molecule has 2 N–H and O–H groups in total. The Bertz CT molecular complexity index is 738. The van der Waals surface area contributed by atoms with Gasteiger partial charge in [0.15, 0.2) is 5.75 Å². The number of benzene rings is 2. The maximum absolute atomic E-state index is 12.1. The van der Waals surface area contributed by atoms with Gasteiger partial charge in [-0.1, -0.05) is 29.8 Å². The van der Waals surface area contributed by atoms with Crippen molar-refractivity contribution < 1.29 is 14.3 Å². The van der Waals surface area contributed by atoms with Crippen LogP contribution in [0.15, 0.2) is 42.5 Å². The predicted octanol–water partition coefficient (Wildman–Crippen LogP) is 3.61. The summed E-state index contributed by atoms with van der Waals surface area (Å²) in [5, 5.41) is 5.98. The first-order valence-corrected chi connectivity index (χ1v) is 8.61. The summed E-state index contributed by atoms with van der Waals surface area (Å²) >= 11 is 6.05. The van der Waals surface area contributed by atoms with Crippen molar-refractivity contribution in [1.82, 2.24) is 10.2 Å². The first kappa shape index (κ1) is 19.9. The summed E-state index contributed by atoms with van der Waals surface area (Å²) in [6, 6.07) is 12.5. The van der Waals surface area contributed by atoms with Crippen LogP contribution in [0.2, 0.25) is 5.02 Å². The van der Waals surface area contributed by atoms with Crippen LogP contribution < -0.4 is 20.1 Å². The Hall–Kier alpha value is -2.44. The average molecular weight is 378 g/mol. The van der Waals surface area contributed by atoms with E-state index in [-0.39, 0.29) is 6.03 Å². The summed E-state index contributed by atoms with van der Waals surface area (Å²) in [6.45, 7) is 1.82. The maximum Gasteiger partial charge on any atom is 0.319 e. The Kier molecular flexibility index (Phi) is 7.56. The van der Waals surface area contributed by atoms with Crippen LogP contribution in [0.5, 0.6) is 11.5 Å². The summed E-state index contributed by atoms with van der Waals surface area (Å²) in [5.74, 6) is 1.21. The largest absolute Gasteiger partial charge is 0.493 e. The molecule has 7 heteroatoms. The summed E-state index contributed by atoms with van der Waals surface area (Å²) in [4.78, 5) is 14.2. The normalized spacial score (nSPS) is 10.5. The number of nitrogens with one attached hydrogen (secondary N) is 2. The molecule has 0 saturated carbocycles. The minimum atomic E-state index is -0.343. The maximum atomic E-state index is 12.1. The number of rotatable bonds is 8. The van der Waals surface area contributed by atoms with E-state index in [1.54, 1.807) is 18.2 Å². The van der Waals surface area contributed by atoms with Crippen molar-refractivity contribution in [2.45, 2.75) is 6.54 Å². The minimum Gasteiger partial charge on any atom is -0.493 e. The third-order valence-corrected chi connectivity index (χ3v) is 3.88. The number of anilines is 1. The monoisotopic (exact) mass is 377 g/mol. The van der Waals surface area contributed by atoms with Gasteiger partial charge in [0.1, 0.15) is 12.4 Å². The van der Waals surface area contributed by atoms with Crippen molar-refractivity contribution in [1.29, 1.82) is 0 Å². The van der Waals surface area contributed by atoms with Crippen molar-refractivity contribution in [2.24, 2.45) is 0 Å². The van der Waals surface area contributed by atoms with Crippen LogP contribution in [-0.4, -0.2) is 45.3 Å². The van der Waals surface area contributed by atoms with E-state index < -0.39 is 0 Å². The van der Waals surface area contributed by atoms with E-state index >= 15 is 0 Å². The Morgan fingerprint density at radius 3 is 2.69 bits per heavy atom. The molecule has 0 saturated heterocycles. The number of para-hydroxylation sites is 1. The Morgan fingerprint density at radius 2 is 1.96 bits per heavy atom. The quantitative estimate of drug-likeness (QED) is 0.737. The van der Waals surface area contributed by atoms with Crippen molar-refractivity contribution in [2.75, 3.05) is 39.7 Å². The second kappa shape index (κ2) is 9.89. The fourth-order valence-electron chi connectivity index (χ4n) is 2.25. The summed E-state index contributed by atoms with van der Waals surface area (Å²) in [6.07, 6.45) is 0. The van der Waals surface area contributed by atoms with Gasteiger partial charge in [0.25, 0.3) is 0 Å². The number of carbonyl (C=O) groups is 1. The molecule has 140 valence electrons.